The molecule has 0 radical (unpaired) electrons. The highest BCUT2D eigenvalue weighted by Gasteiger charge is 2.12. The molecular weight excluding hydrogens is 350 g/mol. The summed E-state index contributed by atoms with van der Waals surface area (Å²) in [6, 6.07) is 11.7. The summed E-state index contributed by atoms with van der Waals surface area (Å²) < 4.78 is 12.8. The van der Waals surface area contributed by atoms with Crippen molar-refractivity contribution < 1.29 is 14.1 Å². The van der Waals surface area contributed by atoms with Crippen LogP contribution in [0.1, 0.15) is 11.1 Å². The summed E-state index contributed by atoms with van der Waals surface area (Å²) >= 11 is 12.0. The van der Waals surface area contributed by atoms with Gasteiger partial charge >= 0.3 is 0 Å². The van der Waals surface area contributed by atoms with Gasteiger partial charge in [0.25, 0.3) is 5.91 Å². The highest BCUT2D eigenvalue weighted by Crippen LogP contribution is 2.20. The van der Waals surface area contributed by atoms with E-state index >= 15 is 0 Å². The second-order valence-electron chi connectivity index (χ2n) is 5.77. The van der Waals surface area contributed by atoms with Crippen LogP contribution in [0.3, 0.4) is 0 Å². The minimum absolute atomic E-state index is 0.0281. The zero-order valence-corrected chi connectivity index (χ0v) is 14.9. The second kappa shape index (κ2) is 9.02. The van der Waals surface area contributed by atoms with Gasteiger partial charge in [0.1, 0.15) is 12.4 Å². The van der Waals surface area contributed by atoms with Crippen molar-refractivity contribution in [3.05, 3.63) is 69.5 Å². The highest BCUT2D eigenvalue weighted by atomic mass is 35.5. The van der Waals surface area contributed by atoms with E-state index in [1.807, 2.05) is 13.1 Å². The third-order valence-corrected chi connectivity index (χ3v) is 4.21. The number of carbonyl (C=O) groups is 1. The number of benzene rings is 2. The quantitative estimate of drug-likeness (QED) is 0.772. The molecule has 2 N–H and O–H groups in total. The van der Waals surface area contributed by atoms with Crippen LogP contribution < -0.4 is 10.2 Å². The van der Waals surface area contributed by atoms with Gasteiger partial charge in [-0.25, -0.2) is 4.39 Å². The lowest BCUT2D eigenvalue weighted by Crippen LogP contribution is -3.08. The van der Waals surface area contributed by atoms with E-state index in [1.165, 1.54) is 12.1 Å². The molecule has 2 aromatic carbocycles. The molecule has 6 heteroatoms. The summed E-state index contributed by atoms with van der Waals surface area (Å²) in [5.74, 6) is -0.284. The van der Waals surface area contributed by atoms with Crippen molar-refractivity contribution in [1.82, 2.24) is 5.32 Å². The lowest BCUT2D eigenvalue weighted by atomic mass is 10.1. The first-order valence-electron chi connectivity index (χ1n) is 7.70. The van der Waals surface area contributed by atoms with Crippen molar-refractivity contribution in [1.29, 1.82) is 0 Å². The summed E-state index contributed by atoms with van der Waals surface area (Å²) in [7, 11) is 1.94. The van der Waals surface area contributed by atoms with Crippen molar-refractivity contribution in [2.75, 3.05) is 20.1 Å². The Balaban J connectivity index is 1.74. The lowest BCUT2D eigenvalue weighted by molar-refractivity contribution is -0.885. The molecule has 0 aromatic heterocycles. The Bertz CT molecular complexity index is 692. The van der Waals surface area contributed by atoms with Gasteiger partial charge in [-0.05, 0) is 36.2 Å². The topological polar surface area (TPSA) is 33.5 Å². The molecular formula is C18H20Cl2FN2O+. The molecule has 0 bridgehead atoms. The molecule has 1 atom stereocenters. The van der Waals surface area contributed by atoms with Crippen molar-refractivity contribution in [2.24, 2.45) is 0 Å². The highest BCUT2D eigenvalue weighted by molar-refractivity contribution is 6.35. The third kappa shape index (κ3) is 6.11. The monoisotopic (exact) mass is 369 g/mol. The number of likely N-dealkylation sites (N-methyl/N-ethyl adjacent to an activating group) is 1. The fraction of sp³-hybridized carbons (Fsp3) is 0.278. The normalized spacial score (nSPS) is 12.0. The number of rotatable bonds is 7. The molecule has 0 spiro atoms. The molecule has 0 fully saturated rings. The van der Waals surface area contributed by atoms with Gasteiger partial charge in [0, 0.05) is 17.1 Å². The fourth-order valence-corrected chi connectivity index (χ4v) is 2.86. The first-order valence-corrected chi connectivity index (χ1v) is 8.46. The van der Waals surface area contributed by atoms with Crippen LogP contribution in [0.2, 0.25) is 10.0 Å². The van der Waals surface area contributed by atoms with E-state index in [1.54, 1.807) is 24.3 Å². The van der Waals surface area contributed by atoms with Crippen LogP contribution in [-0.2, 0) is 17.8 Å². The molecule has 1 unspecified atom stereocenters. The molecule has 0 aliphatic heterocycles. The maximum absolute atomic E-state index is 12.8. The van der Waals surface area contributed by atoms with Crippen molar-refractivity contribution in [3.63, 3.8) is 0 Å². The molecule has 0 saturated heterocycles. The molecule has 2 aromatic rings. The van der Waals surface area contributed by atoms with Crippen LogP contribution in [0.5, 0.6) is 0 Å². The first kappa shape index (κ1) is 18.7. The van der Waals surface area contributed by atoms with Gasteiger partial charge in [0.15, 0.2) is 6.54 Å². The number of carbonyl (C=O) groups excluding carboxylic acids is 1. The van der Waals surface area contributed by atoms with Gasteiger partial charge in [0.05, 0.1) is 12.1 Å². The van der Waals surface area contributed by atoms with Crippen molar-refractivity contribution >= 4 is 29.1 Å². The zero-order valence-electron chi connectivity index (χ0n) is 13.4. The molecule has 3 nitrogen and oxygen atoms in total. The van der Waals surface area contributed by atoms with Crippen LogP contribution in [-0.4, -0.2) is 26.0 Å². The molecule has 128 valence electrons. The van der Waals surface area contributed by atoms with Gasteiger partial charge in [-0.2, -0.15) is 0 Å². The Morgan fingerprint density at radius 2 is 1.88 bits per heavy atom. The van der Waals surface area contributed by atoms with E-state index in [0.717, 1.165) is 16.0 Å². The predicted molar refractivity (Wildman–Crippen MR) is 95.0 cm³/mol. The summed E-state index contributed by atoms with van der Waals surface area (Å²) in [5, 5.41) is 4.09. The Morgan fingerprint density at radius 3 is 2.54 bits per heavy atom. The summed E-state index contributed by atoms with van der Waals surface area (Å²) in [6.07, 6.45) is 0.675. The van der Waals surface area contributed by atoms with E-state index in [2.05, 4.69) is 5.32 Å². The maximum atomic E-state index is 12.8. The maximum Gasteiger partial charge on any atom is 0.275 e. The van der Waals surface area contributed by atoms with E-state index in [-0.39, 0.29) is 11.7 Å². The van der Waals surface area contributed by atoms with Gasteiger partial charge in [-0.15, -0.1) is 0 Å². The summed E-state index contributed by atoms with van der Waals surface area (Å²) in [6.45, 7) is 1.52. The van der Waals surface area contributed by atoms with Gasteiger partial charge in [-0.3, -0.25) is 4.79 Å². The average molecular weight is 370 g/mol. The standard InChI is InChI=1S/C18H19Cl2FN2O/c1-23(11-14-4-5-15(19)10-17(14)20)12-18(24)22-9-8-13-2-6-16(21)7-3-13/h2-7,10H,8-9,11-12H2,1H3,(H,22,24)/p+1. The summed E-state index contributed by atoms with van der Waals surface area (Å²) in [4.78, 5) is 13.0. The largest absolute Gasteiger partial charge is 0.351 e. The van der Waals surface area contributed by atoms with Crippen LogP contribution in [0.4, 0.5) is 4.39 Å². The van der Waals surface area contributed by atoms with E-state index < -0.39 is 0 Å². The molecule has 0 saturated carbocycles. The second-order valence-corrected chi connectivity index (χ2v) is 6.62. The number of amides is 1. The minimum Gasteiger partial charge on any atom is -0.351 e. The molecule has 0 aliphatic rings. The average Bonchev–Trinajstić information content (AvgIpc) is 2.52. The Labute approximate surface area is 151 Å². The third-order valence-electron chi connectivity index (χ3n) is 3.62. The zero-order chi connectivity index (χ0) is 17.5. The van der Waals surface area contributed by atoms with Gasteiger partial charge in [0.2, 0.25) is 0 Å². The number of hydrogen-bond donors (Lipinski definition) is 2. The Hall–Kier alpha value is -1.62. The SMILES string of the molecule is C[NH+](CC(=O)NCCc1ccc(F)cc1)Cc1ccc(Cl)cc1Cl. The van der Waals surface area contributed by atoms with Gasteiger partial charge in [-0.1, -0.05) is 41.4 Å². The van der Waals surface area contributed by atoms with E-state index in [4.69, 9.17) is 23.2 Å². The predicted octanol–water partition coefficient (Wildman–Crippen LogP) is 2.51. The number of hydrogen-bond acceptors (Lipinski definition) is 1. The first-order chi connectivity index (χ1) is 11.4. The van der Waals surface area contributed by atoms with Gasteiger partial charge < -0.3 is 10.2 Å². The van der Waals surface area contributed by atoms with E-state index in [0.29, 0.717) is 36.1 Å². The lowest BCUT2D eigenvalue weighted by Gasteiger charge is -2.15. The number of nitrogens with one attached hydrogen (secondary N) is 2. The van der Waals surface area contributed by atoms with Crippen LogP contribution >= 0.6 is 23.2 Å². The molecule has 0 aliphatic carbocycles. The smallest absolute Gasteiger partial charge is 0.275 e. The Morgan fingerprint density at radius 1 is 1.17 bits per heavy atom. The summed E-state index contributed by atoms with van der Waals surface area (Å²) in [5.41, 5.74) is 1.95. The van der Waals surface area contributed by atoms with Crippen molar-refractivity contribution in [3.8, 4) is 0 Å². The van der Waals surface area contributed by atoms with Crippen molar-refractivity contribution in [2.45, 2.75) is 13.0 Å². The molecule has 1 amide bonds. The minimum atomic E-state index is -0.256. The molecule has 0 heterocycles. The molecule has 2 rings (SSSR count). The Kier molecular flexibility index (Phi) is 7.03. The van der Waals surface area contributed by atoms with Crippen LogP contribution in [0.15, 0.2) is 42.5 Å². The molecule has 24 heavy (non-hydrogen) atoms. The van der Waals surface area contributed by atoms with Crippen LogP contribution in [0.25, 0.3) is 0 Å². The number of quaternary nitrogens is 1. The van der Waals surface area contributed by atoms with Crippen LogP contribution in [0, 0.1) is 5.82 Å². The fourth-order valence-electron chi connectivity index (χ4n) is 2.39. The van der Waals surface area contributed by atoms with E-state index in [9.17, 15) is 9.18 Å². The number of halogens is 3.